The van der Waals surface area contributed by atoms with Crippen molar-refractivity contribution in [1.29, 1.82) is 0 Å². The maximum Gasteiger partial charge on any atom is 0.271 e. The van der Waals surface area contributed by atoms with E-state index in [2.05, 4.69) is 19.2 Å². The van der Waals surface area contributed by atoms with Gasteiger partial charge in [0.25, 0.3) is 11.6 Å². The average Bonchev–Trinajstić information content (AvgIpc) is 2.50. The molecule has 1 N–H and O–H groups in total. The van der Waals surface area contributed by atoms with Crippen molar-refractivity contribution in [1.82, 2.24) is 5.32 Å². The Kier molecular flexibility index (Phi) is 5.82. The molecule has 0 saturated heterocycles. The van der Waals surface area contributed by atoms with E-state index < -0.39 is 4.92 Å². The van der Waals surface area contributed by atoms with Gasteiger partial charge in [0.15, 0.2) is 6.61 Å². The molecule has 23 heavy (non-hydrogen) atoms. The number of nitrogens with one attached hydrogen (secondary N) is 1. The highest BCUT2D eigenvalue weighted by Crippen LogP contribution is 2.30. The van der Waals surface area contributed by atoms with Crippen LogP contribution >= 0.6 is 11.6 Å². The first-order valence-electron chi connectivity index (χ1n) is 7.74. The van der Waals surface area contributed by atoms with Crippen LogP contribution < -0.4 is 10.1 Å². The molecule has 1 aliphatic rings. The Bertz CT molecular complexity index is 593. The summed E-state index contributed by atoms with van der Waals surface area (Å²) < 4.78 is 5.37. The Labute approximate surface area is 140 Å². The summed E-state index contributed by atoms with van der Waals surface area (Å²) in [5.41, 5.74) is -0.114. The van der Waals surface area contributed by atoms with E-state index in [1.165, 1.54) is 24.6 Å². The van der Waals surface area contributed by atoms with Crippen LogP contribution in [0.15, 0.2) is 18.2 Å². The number of non-ortho nitro benzene ring substituents is 1. The second-order valence-corrected chi connectivity index (χ2v) is 6.51. The number of rotatable bonds is 5. The zero-order valence-corrected chi connectivity index (χ0v) is 14.0. The van der Waals surface area contributed by atoms with Crippen LogP contribution in [0.25, 0.3) is 0 Å². The number of benzene rings is 1. The molecule has 1 aromatic carbocycles. The number of amides is 1. The highest BCUT2D eigenvalue weighted by atomic mass is 35.5. The fraction of sp³-hybridized carbons (Fsp3) is 0.562. The Hall–Kier alpha value is -1.82. The van der Waals surface area contributed by atoms with Crippen molar-refractivity contribution in [3.05, 3.63) is 33.3 Å². The number of hydrogen-bond donors (Lipinski definition) is 1. The summed E-state index contributed by atoms with van der Waals surface area (Å²) in [6.45, 7) is 4.20. The van der Waals surface area contributed by atoms with Gasteiger partial charge in [-0.2, -0.15) is 0 Å². The predicted molar refractivity (Wildman–Crippen MR) is 87.7 cm³/mol. The van der Waals surface area contributed by atoms with Gasteiger partial charge in [-0.05, 0) is 24.3 Å². The highest BCUT2D eigenvalue weighted by Gasteiger charge is 2.28. The van der Waals surface area contributed by atoms with Crippen LogP contribution in [-0.4, -0.2) is 23.5 Å². The van der Waals surface area contributed by atoms with Crippen molar-refractivity contribution in [3.63, 3.8) is 0 Å². The molecule has 0 aliphatic heterocycles. The second-order valence-electron chi connectivity index (χ2n) is 6.10. The van der Waals surface area contributed by atoms with E-state index >= 15 is 0 Å². The van der Waals surface area contributed by atoms with Gasteiger partial charge in [0.05, 0.1) is 9.95 Å². The average molecular weight is 341 g/mol. The van der Waals surface area contributed by atoms with Crippen molar-refractivity contribution in [3.8, 4) is 5.75 Å². The molecule has 1 amide bonds. The molecule has 1 fully saturated rings. The molecule has 2 rings (SSSR count). The Morgan fingerprint density at radius 2 is 2.17 bits per heavy atom. The number of carbonyl (C=O) groups is 1. The van der Waals surface area contributed by atoms with E-state index in [9.17, 15) is 14.9 Å². The number of hydrogen-bond acceptors (Lipinski definition) is 4. The lowest BCUT2D eigenvalue weighted by Crippen LogP contribution is -2.45. The molecule has 0 unspecified atom stereocenters. The maximum atomic E-state index is 12.0. The first kappa shape index (κ1) is 17.5. The topological polar surface area (TPSA) is 81.5 Å². The summed E-state index contributed by atoms with van der Waals surface area (Å²) in [5.74, 6) is 1.09. The lowest BCUT2D eigenvalue weighted by atomic mass is 9.78. The first-order chi connectivity index (χ1) is 10.9. The van der Waals surface area contributed by atoms with E-state index in [4.69, 9.17) is 16.3 Å². The molecular weight excluding hydrogens is 320 g/mol. The van der Waals surface area contributed by atoms with Crippen molar-refractivity contribution in [2.75, 3.05) is 6.61 Å². The minimum absolute atomic E-state index is 0.114. The molecule has 3 atom stereocenters. The molecule has 1 aromatic rings. The highest BCUT2D eigenvalue weighted by molar-refractivity contribution is 6.32. The number of carbonyl (C=O) groups excluding carboxylic acids is 1. The molecule has 0 bridgehead atoms. The molecule has 1 aliphatic carbocycles. The van der Waals surface area contributed by atoms with Gasteiger partial charge >= 0.3 is 0 Å². The Morgan fingerprint density at radius 1 is 1.43 bits per heavy atom. The van der Waals surface area contributed by atoms with Crippen molar-refractivity contribution in [2.45, 2.75) is 39.2 Å². The van der Waals surface area contributed by atoms with Gasteiger partial charge in [0.2, 0.25) is 0 Å². The minimum Gasteiger partial charge on any atom is -0.482 e. The van der Waals surface area contributed by atoms with E-state index in [1.54, 1.807) is 0 Å². The van der Waals surface area contributed by atoms with Crippen LogP contribution in [0.5, 0.6) is 5.75 Å². The monoisotopic (exact) mass is 340 g/mol. The quantitative estimate of drug-likeness (QED) is 0.656. The van der Waals surface area contributed by atoms with E-state index in [0.29, 0.717) is 11.8 Å². The summed E-state index contributed by atoms with van der Waals surface area (Å²) in [5, 5.41) is 13.8. The van der Waals surface area contributed by atoms with Crippen LogP contribution in [0.4, 0.5) is 5.69 Å². The summed E-state index contributed by atoms with van der Waals surface area (Å²) >= 11 is 5.93. The normalized spacial score (nSPS) is 24.0. The molecule has 0 radical (unpaired) electrons. The van der Waals surface area contributed by atoms with Crippen LogP contribution in [-0.2, 0) is 4.79 Å². The third-order valence-electron chi connectivity index (χ3n) is 4.54. The number of nitrogens with zero attached hydrogens (tertiary/aromatic N) is 1. The smallest absolute Gasteiger partial charge is 0.271 e. The zero-order valence-electron chi connectivity index (χ0n) is 13.3. The third-order valence-corrected chi connectivity index (χ3v) is 4.83. The van der Waals surface area contributed by atoms with E-state index in [-0.39, 0.29) is 35.0 Å². The number of nitro groups is 1. The van der Waals surface area contributed by atoms with Gasteiger partial charge in [0, 0.05) is 18.2 Å². The van der Waals surface area contributed by atoms with E-state index in [0.717, 1.165) is 12.8 Å². The molecule has 1 saturated carbocycles. The van der Waals surface area contributed by atoms with Gasteiger partial charge in [0.1, 0.15) is 5.75 Å². The number of nitro benzene ring substituents is 1. The predicted octanol–water partition coefficient (Wildman–Crippen LogP) is 3.57. The Morgan fingerprint density at radius 3 is 2.83 bits per heavy atom. The van der Waals surface area contributed by atoms with Gasteiger partial charge in [-0.1, -0.05) is 38.3 Å². The Balaban J connectivity index is 1.88. The van der Waals surface area contributed by atoms with Gasteiger partial charge in [-0.25, -0.2) is 0 Å². The van der Waals surface area contributed by atoms with Crippen LogP contribution in [0, 0.1) is 22.0 Å². The molecule has 7 heteroatoms. The molecular formula is C16H21ClN2O4. The molecule has 126 valence electrons. The van der Waals surface area contributed by atoms with Gasteiger partial charge in [-0.15, -0.1) is 0 Å². The SMILES string of the molecule is C[C@@H]1[C@H](C)CCC[C@@H]1NC(=O)COc1ccc([N+](=O)[O-])cc1Cl. The fourth-order valence-corrected chi connectivity index (χ4v) is 3.13. The minimum atomic E-state index is -0.534. The number of ether oxygens (including phenoxy) is 1. The van der Waals surface area contributed by atoms with E-state index in [1.807, 2.05) is 0 Å². The number of halogens is 1. The van der Waals surface area contributed by atoms with Crippen LogP contribution in [0.1, 0.15) is 33.1 Å². The molecule has 6 nitrogen and oxygen atoms in total. The van der Waals surface area contributed by atoms with Crippen molar-refractivity contribution in [2.24, 2.45) is 11.8 Å². The van der Waals surface area contributed by atoms with Crippen molar-refractivity contribution >= 4 is 23.2 Å². The standard InChI is InChI=1S/C16H21ClN2O4/c1-10-4-3-5-14(11(10)2)18-16(20)9-23-15-7-6-12(19(21)22)8-13(15)17/h6-8,10-11,14H,3-5,9H2,1-2H3,(H,18,20)/t10-,11-,14+/m1/s1. The van der Waals surface area contributed by atoms with Crippen molar-refractivity contribution < 1.29 is 14.5 Å². The zero-order chi connectivity index (χ0) is 17.0. The summed E-state index contributed by atoms with van der Waals surface area (Å²) in [7, 11) is 0. The van der Waals surface area contributed by atoms with Gasteiger partial charge in [-0.3, -0.25) is 14.9 Å². The molecule has 0 heterocycles. The van der Waals surface area contributed by atoms with Crippen LogP contribution in [0.2, 0.25) is 5.02 Å². The molecule has 0 spiro atoms. The van der Waals surface area contributed by atoms with Gasteiger partial charge < -0.3 is 10.1 Å². The largest absolute Gasteiger partial charge is 0.482 e. The maximum absolute atomic E-state index is 12.0. The lowest BCUT2D eigenvalue weighted by molar-refractivity contribution is -0.384. The van der Waals surface area contributed by atoms with Crippen LogP contribution in [0.3, 0.4) is 0 Å². The summed E-state index contributed by atoms with van der Waals surface area (Å²) in [4.78, 5) is 22.2. The molecule has 0 aromatic heterocycles. The second kappa shape index (κ2) is 7.64. The first-order valence-corrected chi connectivity index (χ1v) is 8.12. The fourth-order valence-electron chi connectivity index (χ4n) is 2.90. The lowest BCUT2D eigenvalue weighted by Gasteiger charge is -2.34. The summed E-state index contributed by atoms with van der Waals surface area (Å²) in [6, 6.07) is 4.07. The summed E-state index contributed by atoms with van der Waals surface area (Å²) in [6.07, 6.45) is 3.30. The third kappa shape index (κ3) is 4.58.